The second kappa shape index (κ2) is 10.9. The molecule has 0 rings (SSSR count). The van der Waals surface area contributed by atoms with E-state index in [2.05, 4.69) is 20.4 Å². The monoisotopic (exact) mass is 323 g/mol. The zero-order valence-electron chi connectivity index (χ0n) is 12.2. The molecule has 6 heteroatoms. The van der Waals surface area contributed by atoms with E-state index < -0.39 is 5.62 Å². The van der Waals surface area contributed by atoms with Gasteiger partial charge >= 0.3 is 0 Å². The highest BCUT2D eigenvalue weighted by atomic mass is 32.9. The number of amides is 1. The van der Waals surface area contributed by atoms with Gasteiger partial charge in [0.2, 0.25) is 12.0 Å². The van der Waals surface area contributed by atoms with Gasteiger partial charge in [-0.15, -0.1) is 6.58 Å². The highest BCUT2D eigenvalue weighted by molar-refractivity contribution is 8.69. The molecular formula is C13H26NO2PS2. The third kappa shape index (κ3) is 7.50. The number of rotatable bonds is 12. The van der Waals surface area contributed by atoms with Gasteiger partial charge in [0.05, 0.1) is 6.61 Å². The molecule has 0 N–H and O–H groups in total. The molecule has 0 aromatic carbocycles. The van der Waals surface area contributed by atoms with Crippen LogP contribution in [0.5, 0.6) is 0 Å². The van der Waals surface area contributed by atoms with Crippen LogP contribution in [0.3, 0.4) is 0 Å². The highest BCUT2D eigenvalue weighted by Gasteiger charge is 2.28. The molecule has 0 saturated carbocycles. The lowest BCUT2D eigenvalue weighted by atomic mass is 10.2. The normalized spacial score (nSPS) is 15.5. The van der Waals surface area contributed by atoms with Gasteiger partial charge in [-0.25, -0.2) is 0 Å². The van der Waals surface area contributed by atoms with Crippen molar-refractivity contribution in [2.24, 2.45) is 0 Å². The molecule has 112 valence electrons. The molecule has 0 aliphatic heterocycles. The maximum atomic E-state index is 11.3. The lowest BCUT2D eigenvalue weighted by Gasteiger charge is -2.32. The van der Waals surface area contributed by atoms with E-state index in [4.69, 9.17) is 16.3 Å². The lowest BCUT2D eigenvalue weighted by Crippen LogP contribution is -2.21. The predicted molar refractivity (Wildman–Crippen MR) is 90.1 cm³/mol. The summed E-state index contributed by atoms with van der Waals surface area (Å²) >= 11 is 7.31. The maximum Gasteiger partial charge on any atom is 0.215 e. The summed E-state index contributed by atoms with van der Waals surface area (Å²) in [6.07, 6.45) is 6.74. The molecule has 0 heterocycles. The van der Waals surface area contributed by atoms with Crippen LogP contribution in [0.2, 0.25) is 0 Å². The largest absolute Gasteiger partial charge is 0.327 e. The van der Waals surface area contributed by atoms with Gasteiger partial charge in [-0.1, -0.05) is 31.3 Å². The van der Waals surface area contributed by atoms with Crippen LogP contribution < -0.4 is 0 Å². The predicted octanol–water partition coefficient (Wildman–Crippen LogP) is 4.59. The van der Waals surface area contributed by atoms with Gasteiger partial charge in [-0.05, 0) is 44.4 Å². The Balaban J connectivity index is 4.63. The van der Waals surface area contributed by atoms with E-state index in [0.717, 1.165) is 32.1 Å². The van der Waals surface area contributed by atoms with Crippen molar-refractivity contribution in [3.63, 3.8) is 0 Å². The second-order valence-corrected chi connectivity index (χ2v) is 11.3. The number of carbonyl (C=O) groups excluding carboxylic acids is 1. The van der Waals surface area contributed by atoms with Gasteiger partial charge in [-0.2, -0.15) is 0 Å². The molecule has 1 amide bonds. The number of carbonyl (C=O) groups is 1. The molecule has 0 bridgehead atoms. The first-order valence-corrected chi connectivity index (χ1v) is 11.0. The van der Waals surface area contributed by atoms with Gasteiger partial charge < -0.3 is 4.52 Å². The van der Waals surface area contributed by atoms with Crippen LogP contribution in [0.1, 0.15) is 46.5 Å². The summed E-state index contributed by atoms with van der Waals surface area (Å²) < 4.78 is 7.49. The zero-order valence-corrected chi connectivity index (χ0v) is 14.7. The van der Waals surface area contributed by atoms with E-state index in [1.807, 2.05) is 13.0 Å². The quantitative estimate of drug-likeness (QED) is 0.227. The molecule has 0 aliphatic carbocycles. The number of hydrogen-bond donors (Lipinski definition) is 0. The molecule has 0 fully saturated rings. The first kappa shape index (κ1) is 19.2. The van der Waals surface area contributed by atoms with Crippen molar-refractivity contribution in [3.8, 4) is 0 Å². The van der Waals surface area contributed by atoms with Gasteiger partial charge in [0.1, 0.15) is 0 Å². The fourth-order valence-electron chi connectivity index (χ4n) is 1.43. The van der Waals surface area contributed by atoms with Crippen molar-refractivity contribution in [2.75, 3.05) is 13.2 Å². The maximum absolute atomic E-state index is 11.3. The highest BCUT2D eigenvalue weighted by Crippen LogP contribution is 2.64. The van der Waals surface area contributed by atoms with E-state index in [1.165, 1.54) is 0 Å². The van der Waals surface area contributed by atoms with Gasteiger partial charge in [0.15, 0.2) is 0 Å². The summed E-state index contributed by atoms with van der Waals surface area (Å²) in [7, 11) is 0. The van der Waals surface area contributed by atoms with Crippen LogP contribution in [-0.4, -0.2) is 29.5 Å². The van der Waals surface area contributed by atoms with Crippen LogP contribution in [0.25, 0.3) is 0 Å². The second-order valence-electron chi connectivity index (χ2n) is 4.26. The van der Waals surface area contributed by atoms with Crippen molar-refractivity contribution >= 4 is 35.2 Å². The van der Waals surface area contributed by atoms with Crippen molar-refractivity contribution in [3.05, 3.63) is 12.7 Å². The first-order valence-electron chi connectivity index (χ1n) is 6.80. The van der Waals surface area contributed by atoms with Crippen LogP contribution in [0, 0.1) is 0 Å². The van der Waals surface area contributed by atoms with Gasteiger partial charge in [0, 0.05) is 11.8 Å². The van der Waals surface area contributed by atoms with E-state index in [0.29, 0.717) is 18.4 Å². The molecule has 0 aromatic rings. The minimum Gasteiger partial charge on any atom is -0.327 e. The summed E-state index contributed by atoms with van der Waals surface area (Å²) in [5.41, 5.74) is -2.26. The van der Waals surface area contributed by atoms with Crippen LogP contribution in [0.15, 0.2) is 12.7 Å². The summed E-state index contributed by atoms with van der Waals surface area (Å²) in [4.78, 5) is 11.3. The Kier molecular flexibility index (Phi) is 11.0. The SMILES string of the molecule is C=CCCCCN(C=O)P(=S)(OCC)SC(C)CC. The number of hydrogen-bond acceptors (Lipinski definition) is 4. The fourth-order valence-corrected chi connectivity index (χ4v) is 8.22. The molecule has 0 aliphatic rings. The number of unbranched alkanes of at least 4 members (excludes halogenated alkanes) is 2. The van der Waals surface area contributed by atoms with Crippen molar-refractivity contribution in [1.82, 2.24) is 4.67 Å². The lowest BCUT2D eigenvalue weighted by molar-refractivity contribution is -0.114. The molecule has 3 nitrogen and oxygen atoms in total. The molecule has 2 unspecified atom stereocenters. The van der Waals surface area contributed by atoms with Crippen LogP contribution in [-0.2, 0) is 21.1 Å². The Morgan fingerprint density at radius 1 is 1.47 bits per heavy atom. The zero-order chi connectivity index (χ0) is 14.7. The Morgan fingerprint density at radius 2 is 2.16 bits per heavy atom. The summed E-state index contributed by atoms with van der Waals surface area (Å²) in [5, 5.41) is 0.410. The molecule has 2 atom stereocenters. The minimum absolute atomic E-state index is 0.410. The van der Waals surface area contributed by atoms with E-state index >= 15 is 0 Å². The summed E-state index contributed by atoms with van der Waals surface area (Å²) in [6, 6.07) is 0. The first-order chi connectivity index (χ1) is 9.03. The third-order valence-corrected chi connectivity index (χ3v) is 9.67. The topological polar surface area (TPSA) is 29.5 Å². The third-order valence-electron chi connectivity index (χ3n) is 2.66. The molecule has 0 saturated heterocycles. The Labute approximate surface area is 127 Å². The smallest absolute Gasteiger partial charge is 0.215 e. The molecule has 19 heavy (non-hydrogen) atoms. The Morgan fingerprint density at radius 3 is 2.63 bits per heavy atom. The van der Waals surface area contributed by atoms with Crippen molar-refractivity contribution in [1.29, 1.82) is 0 Å². The number of nitrogens with zero attached hydrogens (tertiary/aromatic N) is 1. The van der Waals surface area contributed by atoms with E-state index in [1.54, 1.807) is 16.1 Å². The molecule has 0 spiro atoms. The van der Waals surface area contributed by atoms with Crippen LogP contribution >= 0.6 is 17.0 Å². The minimum atomic E-state index is -2.26. The van der Waals surface area contributed by atoms with Crippen LogP contribution in [0.4, 0.5) is 0 Å². The molecule has 0 radical (unpaired) electrons. The standard InChI is InChI=1S/C13H26NO2PS2/c1-5-8-9-10-11-14(12-15)17(18,16-7-3)19-13(4)6-2/h5,12-13H,1,6-11H2,2-4H3. The molecule has 0 aromatic heterocycles. The van der Waals surface area contributed by atoms with E-state index in [-0.39, 0.29) is 0 Å². The average Bonchev–Trinajstić information content (AvgIpc) is 2.38. The Bertz CT molecular complexity index is 313. The summed E-state index contributed by atoms with van der Waals surface area (Å²) in [6.45, 7) is 11.1. The fraction of sp³-hybridized carbons (Fsp3) is 0.769. The Hall–Kier alpha value is 0.170. The van der Waals surface area contributed by atoms with Crippen molar-refractivity contribution in [2.45, 2.75) is 51.7 Å². The summed E-state index contributed by atoms with van der Waals surface area (Å²) in [5.74, 6) is 0. The van der Waals surface area contributed by atoms with Crippen molar-refractivity contribution < 1.29 is 9.32 Å². The average molecular weight is 323 g/mol. The molecular weight excluding hydrogens is 297 g/mol. The van der Waals surface area contributed by atoms with Gasteiger partial charge in [-0.3, -0.25) is 9.46 Å². The van der Waals surface area contributed by atoms with Gasteiger partial charge in [0.25, 0.3) is 0 Å². The van der Waals surface area contributed by atoms with E-state index in [9.17, 15) is 4.79 Å². The number of allylic oxidation sites excluding steroid dienone is 1.